The van der Waals surface area contributed by atoms with E-state index in [9.17, 15) is 26.7 Å². The van der Waals surface area contributed by atoms with Crippen LogP contribution in [0.3, 0.4) is 0 Å². The number of hydrogen-bond donors (Lipinski definition) is 0. The Labute approximate surface area is 200 Å². The van der Waals surface area contributed by atoms with Crippen molar-refractivity contribution >= 4 is 11.0 Å². The van der Waals surface area contributed by atoms with Gasteiger partial charge in [0, 0.05) is 12.5 Å². The van der Waals surface area contributed by atoms with Crippen molar-refractivity contribution in [1.82, 2.24) is 0 Å². The fourth-order valence-corrected chi connectivity index (χ4v) is 3.96. The van der Waals surface area contributed by atoms with Gasteiger partial charge in [-0.1, -0.05) is 6.07 Å². The van der Waals surface area contributed by atoms with Crippen LogP contribution in [0.15, 0.2) is 45.6 Å². The average Bonchev–Trinajstić information content (AvgIpc) is 3.11. The second kappa shape index (κ2) is 9.18. The maximum absolute atomic E-state index is 13.9. The Balaban J connectivity index is 1.48. The first kappa shape index (κ1) is 23.7. The summed E-state index contributed by atoms with van der Waals surface area (Å²) in [5.74, 6) is -8.94. The summed E-state index contributed by atoms with van der Waals surface area (Å²) in [5.41, 5.74) is -0.457. The van der Waals surface area contributed by atoms with Gasteiger partial charge in [-0.15, -0.1) is 0 Å². The van der Waals surface area contributed by atoms with Crippen LogP contribution in [0.2, 0.25) is 0 Å². The largest absolute Gasteiger partial charge is 0.490 e. The molecule has 0 amide bonds. The van der Waals surface area contributed by atoms with E-state index in [4.69, 9.17) is 18.6 Å². The molecule has 2 heterocycles. The van der Waals surface area contributed by atoms with Gasteiger partial charge in [-0.25, -0.2) is 22.0 Å². The predicted molar refractivity (Wildman–Crippen MR) is 119 cm³/mol. The van der Waals surface area contributed by atoms with Crippen LogP contribution in [0.1, 0.15) is 17.7 Å². The molecule has 0 unspecified atom stereocenters. The zero-order chi connectivity index (χ0) is 25.6. The number of halogens is 5. The molecule has 186 valence electrons. The minimum Gasteiger partial charge on any atom is -0.490 e. The molecule has 0 saturated heterocycles. The van der Waals surface area contributed by atoms with Gasteiger partial charge in [-0.2, -0.15) is 0 Å². The molecule has 1 aliphatic heterocycles. The summed E-state index contributed by atoms with van der Waals surface area (Å²) >= 11 is 0. The van der Waals surface area contributed by atoms with Crippen LogP contribution in [0.25, 0.3) is 22.1 Å². The average molecular weight is 504 g/mol. The minimum atomic E-state index is -2.25. The van der Waals surface area contributed by atoms with Crippen molar-refractivity contribution in [3.05, 3.63) is 87.0 Å². The summed E-state index contributed by atoms with van der Waals surface area (Å²) in [7, 11) is 0. The number of ether oxygens (including phenoxy) is 3. The molecule has 0 atom stereocenters. The highest BCUT2D eigenvalue weighted by Gasteiger charge is 2.26. The van der Waals surface area contributed by atoms with Crippen molar-refractivity contribution < 1.29 is 40.6 Å². The van der Waals surface area contributed by atoms with E-state index in [0.29, 0.717) is 41.6 Å². The third kappa shape index (κ3) is 4.02. The highest BCUT2D eigenvalue weighted by atomic mass is 19.2. The van der Waals surface area contributed by atoms with Crippen LogP contribution in [0, 0.1) is 36.0 Å². The molecule has 5 nitrogen and oxygen atoms in total. The van der Waals surface area contributed by atoms with Gasteiger partial charge in [0.1, 0.15) is 23.7 Å². The lowest BCUT2D eigenvalue weighted by Crippen LogP contribution is -2.10. The first-order chi connectivity index (χ1) is 17.3. The van der Waals surface area contributed by atoms with E-state index < -0.39 is 41.3 Å². The second-order valence-electron chi connectivity index (χ2n) is 8.07. The normalized spacial score (nSPS) is 13.1. The van der Waals surface area contributed by atoms with Crippen molar-refractivity contribution in [3.63, 3.8) is 0 Å². The molecule has 5 rings (SSSR count). The molecule has 1 aromatic heterocycles. The smallest absolute Gasteiger partial charge is 0.200 e. The van der Waals surface area contributed by atoms with E-state index in [1.807, 2.05) is 0 Å². The van der Waals surface area contributed by atoms with Gasteiger partial charge >= 0.3 is 0 Å². The lowest BCUT2D eigenvalue weighted by molar-refractivity contribution is 0.279. The molecule has 0 bridgehead atoms. The van der Waals surface area contributed by atoms with Gasteiger partial charge in [0.25, 0.3) is 0 Å². The predicted octanol–water partition coefficient (Wildman–Crippen LogP) is 6.20. The van der Waals surface area contributed by atoms with Gasteiger partial charge in [0.15, 0.2) is 34.8 Å². The molecular formula is C26H17F5O5. The maximum atomic E-state index is 13.9. The summed E-state index contributed by atoms with van der Waals surface area (Å²) in [5, 5.41) is 0.200. The number of hydrogen-bond acceptors (Lipinski definition) is 5. The fourth-order valence-electron chi connectivity index (χ4n) is 3.96. The van der Waals surface area contributed by atoms with Gasteiger partial charge in [-0.3, -0.25) is 4.79 Å². The topological polar surface area (TPSA) is 57.9 Å². The summed E-state index contributed by atoms with van der Waals surface area (Å²) in [6.45, 7) is 1.67. The van der Waals surface area contributed by atoms with Crippen LogP contribution >= 0.6 is 0 Å². The molecule has 10 heteroatoms. The molecule has 0 fully saturated rings. The van der Waals surface area contributed by atoms with E-state index in [1.165, 1.54) is 18.2 Å². The Morgan fingerprint density at radius 3 is 2.22 bits per heavy atom. The van der Waals surface area contributed by atoms with Crippen molar-refractivity contribution in [2.75, 3.05) is 13.2 Å². The molecule has 0 aliphatic carbocycles. The van der Waals surface area contributed by atoms with Gasteiger partial charge < -0.3 is 18.6 Å². The van der Waals surface area contributed by atoms with Crippen molar-refractivity contribution in [2.45, 2.75) is 20.0 Å². The lowest BCUT2D eigenvalue weighted by Gasteiger charge is -2.12. The molecular weight excluding hydrogens is 487 g/mol. The van der Waals surface area contributed by atoms with E-state index in [-0.39, 0.29) is 22.1 Å². The Morgan fingerprint density at radius 1 is 0.833 bits per heavy atom. The van der Waals surface area contributed by atoms with E-state index in [1.54, 1.807) is 25.1 Å². The standard InChI is InChI=1S/C26H17F5O5/c1-12-20(13-3-6-17-19(9-13)34-8-2-7-33-17)26(32)15-5-4-14(10-18(15)36-12)35-11-16-21(27)23(29)25(31)24(30)22(16)28/h3-6,9-10H,2,7-8,11H2,1H3. The van der Waals surface area contributed by atoms with Crippen molar-refractivity contribution in [1.29, 1.82) is 0 Å². The molecule has 4 aromatic rings. The summed E-state index contributed by atoms with van der Waals surface area (Å²) < 4.78 is 90.4. The van der Waals surface area contributed by atoms with Gasteiger partial charge in [0.05, 0.1) is 29.7 Å². The number of aryl methyl sites for hydroxylation is 1. The van der Waals surface area contributed by atoms with Crippen LogP contribution in [-0.2, 0) is 6.61 Å². The molecule has 36 heavy (non-hydrogen) atoms. The zero-order valence-corrected chi connectivity index (χ0v) is 18.7. The summed E-state index contributed by atoms with van der Waals surface area (Å²) in [4.78, 5) is 13.3. The SMILES string of the molecule is Cc1oc2cc(OCc3c(F)c(F)c(F)c(F)c3F)ccc2c(=O)c1-c1ccc2c(c1)OCCCO2. The molecule has 0 spiro atoms. The quantitative estimate of drug-likeness (QED) is 0.188. The molecule has 3 aromatic carbocycles. The highest BCUT2D eigenvalue weighted by Crippen LogP contribution is 2.35. The first-order valence-electron chi connectivity index (χ1n) is 10.9. The maximum Gasteiger partial charge on any atom is 0.200 e. The molecule has 1 aliphatic rings. The zero-order valence-electron chi connectivity index (χ0n) is 18.7. The Morgan fingerprint density at radius 2 is 1.50 bits per heavy atom. The van der Waals surface area contributed by atoms with E-state index in [0.717, 1.165) is 6.42 Å². The van der Waals surface area contributed by atoms with Crippen LogP contribution in [0.4, 0.5) is 22.0 Å². The molecule has 0 radical (unpaired) electrons. The van der Waals surface area contributed by atoms with Crippen molar-refractivity contribution in [2.24, 2.45) is 0 Å². The van der Waals surface area contributed by atoms with Gasteiger partial charge in [-0.05, 0) is 36.8 Å². The second-order valence-corrected chi connectivity index (χ2v) is 8.07. The Kier molecular flexibility index (Phi) is 6.03. The third-order valence-corrected chi connectivity index (χ3v) is 5.76. The molecule has 0 N–H and O–H groups in total. The Bertz CT molecular complexity index is 1530. The fraction of sp³-hybridized carbons (Fsp3) is 0.192. The third-order valence-electron chi connectivity index (χ3n) is 5.76. The van der Waals surface area contributed by atoms with Gasteiger partial charge in [0.2, 0.25) is 11.2 Å². The summed E-state index contributed by atoms with van der Waals surface area (Å²) in [6.07, 6.45) is 0.732. The Hall–Kier alpha value is -4.08. The van der Waals surface area contributed by atoms with E-state index >= 15 is 0 Å². The number of fused-ring (bicyclic) bond motifs is 2. The van der Waals surface area contributed by atoms with Crippen LogP contribution in [-0.4, -0.2) is 13.2 Å². The monoisotopic (exact) mass is 504 g/mol. The summed E-state index contributed by atoms with van der Waals surface area (Å²) in [6, 6.07) is 9.16. The number of benzene rings is 3. The van der Waals surface area contributed by atoms with Crippen LogP contribution in [0.5, 0.6) is 17.2 Å². The van der Waals surface area contributed by atoms with Crippen LogP contribution < -0.4 is 19.6 Å². The van der Waals surface area contributed by atoms with Crippen molar-refractivity contribution in [3.8, 4) is 28.4 Å². The van der Waals surface area contributed by atoms with E-state index in [2.05, 4.69) is 0 Å². The minimum absolute atomic E-state index is 0.00248. The lowest BCUT2D eigenvalue weighted by atomic mass is 10.0. The number of rotatable bonds is 4. The first-order valence-corrected chi connectivity index (χ1v) is 10.9. The highest BCUT2D eigenvalue weighted by molar-refractivity contribution is 5.84. The molecule has 0 saturated carbocycles.